The van der Waals surface area contributed by atoms with Crippen molar-refractivity contribution in [3.63, 3.8) is 0 Å². The monoisotopic (exact) mass is 278 g/mol. The first kappa shape index (κ1) is 14.4. The number of amides is 1. The smallest absolute Gasteiger partial charge is 0.321 e. The third kappa shape index (κ3) is 4.01. The van der Waals surface area contributed by atoms with Crippen molar-refractivity contribution in [2.45, 2.75) is 12.5 Å². The third-order valence-electron chi connectivity index (χ3n) is 3.20. The number of hydrogen-bond acceptors (Lipinski definition) is 5. The number of hydrogen-bond donors (Lipinski definition) is 3. The molecule has 0 bridgehead atoms. The van der Waals surface area contributed by atoms with E-state index in [1.165, 1.54) is 6.20 Å². The van der Waals surface area contributed by atoms with E-state index in [4.69, 9.17) is 0 Å². The fourth-order valence-corrected chi connectivity index (χ4v) is 2.19. The molecule has 7 nitrogen and oxygen atoms in total. The molecule has 1 amide bonds. The van der Waals surface area contributed by atoms with Crippen LogP contribution in [0.2, 0.25) is 0 Å². The van der Waals surface area contributed by atoms with Gasteiger partial charge in [0.2, 0.25) is 5.91 Å². The van der Waals surface area contributed by atoms with E-state index in [-0.39, 0.29) is 12.3 Å². The number of aromatic nitrogens is 1. The first-order chi connectivity index (χ1) is 9.66. The maximum atomic E-state index is 11.9. The Bertz CT molecular complexity index is 460. The minimum Gasteiger partial charge on any atom is -0.480 e. The standard InChI is InChI=1S/C13H18N4O3/c18-12(16-10-2-1-3-15-9-10)8-11(13(19)20)17-6-4-14-5-7-17/h1-3,9,11,14H,4-8H2,(H,16,18)(H,19,20). The molecular formula is C13H18N4O3. The molecule has 20 heavy (non-hydrogen) atoms. The van der Waals surface area contributed by atoms with E-state index in [0.717, 1.165) is 13.1 Å². The zero-order valence-electron chi connectivity index (χ0n) is 11.1. The molecule has 108 valence electrons. The van der Waals surface area contributed by atoms with Gasteiger partial charge in [-0.25, -0.2) is 0 Å². The van der Waals surface area contributed by atoms with Crippen LogP contribution in [0.3, 0.4) is 0 Å². The lowest BCUT2D eigenvalue weighted by Crippen LogP contribution is -2.52. The van der Waals surface area contributed by atoms with E-state index in [9.17, 15) is 14.7 Å². The Balaban J connectivity index is 1.93. The summed E-state index contributed by atoms with van der Waals surface area (Å²) in [7, 11) is 0. The second-order valence-corrected chi connectivity index (χ2v) is 4.63. The molecule has 0 aliphatic carbocycles. The van der Waals surface area contributed by atoms with Crippen LogP contribution in [0.25, 0.3) is 0 Å². The summed E-state index contributed by atoms with van der Waals surface area (Å²) in [5.41, 5.74) is 0.571. The minimum absolute atomic E-state index is 0.0653. The lowest BCUT2D eigenvalue weighted by Gasteiger charge is -2.32. The zero-order chi connectivity index (χ0) is 14.4. The summed E-state index contributed by atoms with van der Waals surface area (Å²) >= 11 is 0. The summed E-state index contributed by atoms with van der Waals surface area (Å²) in [5.74, 6) is -1.28. The van der Waals surface area contributed by atoms with Crippen molar-refractivity contribution in [3.05, 3.63) is 24.5 Å². The highest BCUT2D eigenvalue weighted by Crippen LogP contribution is 2.09. The summed E-state index contributed by atoms with van der Waals surface area (Å²) in [5, 5.41) is 15.1. The second kappa shape index (κ2) is 6.97. The summed E-state index contributed by atoms with van der Waals surface area (Å²) in [6.45, 7) is 2.76. The van der Waals surface area contributed by atoms with Crippen LogP contribution in [0.1, 0.15) is 6.42 Å². The number of carboxylic acids is 1. The summed E-state index contributed by atoms with van der Waals surface area (Å²) in [6, 6.07) is 2.64. The van der Waals surface area contributed by atoms with Crippen LogP contribution < -0.4 is 10.6 Å². The number of carbonyl (C=O) groups is 2. The average molecular weight is 278 g/mol. The van der Waals surface area contributed by atoms with Gasteiger partial charge in [0.25, 0.3) is 0 Å². The van der Waals surface area contributed by atoms with Gasteiger partial charge in [0.05, 0.1) is 18.3 Å². The fourth-order valence-electron chi connectivity index (χ4n) is 2.19. The van der Waals surface area contributed by atoms with Crippen LogP contribution in [0.5, 0.6) is 0 Å². The van der Waals surface area contributed by atoms with Crippen LogP contribution >= 0.6 is 0 Å². The largest absolute Gasteiger partial charge is 0.480 e. The Morgan fingerprint density at radius 1 is 1.45 bits per heavy atom. The van der Waals surface area contributed by atoms with Gasteiger partial charge in [-0.1, -0.05) is 0 Å². The van der Waals surface area contributed by atoms with Crippen LogP contribution in [0.4, 0.5) is 5.69 Å². The van der Waals surface area contributed by atoms with E-state index in [1.807, 2.05) is 4.90 Å². The summed E-state index contributed by atoms with van der Waals surface area (Å²) < 4.78 is 0. The molecule has 0 saturated carbocycles. The Labute approximate surface area is 117 Å². The van der Waals surface area contributed by atoms with Gasteiger partial charge in [-0.3, -0.25) is 19.5 Å². The number of carbonyl (C=O) groups excluding carboxylic acids is 1. The summed E-state index contributed by atoms with van der Waals surface area (Å²) in [4.78, 5) is 29.0. The van der Waals surface area contributed by atoms with Crippen molar-refractivity contribution in [1.29, 1.82) is 0 Å². The number of rotatable bonds is 5. The fraction of sp³-hybridized carbons (Fsp3) is 0.462. The van der Waals surface area contributed by atoms with Crippen LogP contribution in [-0.4, -0.2) is 59.1 Å². The molecule has 1 aliphatic rings. The predicted molar refractivity (Wildman–Crippen MR) is 73.4 cm³/mol. The molecule has 2 heterocycles. The highest BCUT2D eigenvalue weighted by atomic mass is 16.4. The van der Waals surface area contributed by atoms with Crippen molar-refractivity contribution in [1.82, 2.24) is 15.2 Å². The number of aliphatic carboxylic acids is 1. The molecule has 2 rings (SSSR count). The van der Waals surface area contributed by atoms with Gasteiger partial charge in [-0.05, 0) is 12.1 Å². The van der Waals surface area contributed by atoms with Gasteiger partial charge < -0.3 is 15.7 Å². The Morgan fingerprint density at radius 2 is 2.20 bits per heavy atom. The molecule has 1 atom stereocenters. The van der Waals surface area contributed by atoms with E-state index in [0.29, 0.717) is 18.8 Å². The Kier molecular flexibility index (Phi) is 5.03. The maximum Gasteiger partial charge on any atom is 0.321 e. The second-order valence-electron chi connectivity index (χ2n) is 4.63. The number of piperazine rings is 1. The van der Waals surface area contributed by atoms with E-state index >= 15 is 0 Å². The van der Waals surface area contributed by atoms with Crippen molar-refractivity contribution < 1.29 is 14.7 Å². The quantitative estimate of drug-likeness (QED) is 0.688. The minimum atomic E-state index is -0.965. The first-order valence-corrected chi connectivity index (χ1v) is 6.54. The van der Waals surface area contributed by atoms with Crippen LogP contribution in [0, 0.1) is 0 Å². The summed E-state index contributed by atoms with van der Waals surface area (Å²) in [6.07, 6.45) is 3.07. The molecule has 1 saturated heterocycles. The number of carboxylic acid groups (broad SMARTS) is 1. The van der Waals surface area contributed by atoms with Gasteiger partial charge in [-0.15, -0.1) is 0 Å². The highest BCUT2D eigenvalue weighted by molar-refractivity contribution is 5.93. The van der Waals surface area contributed by atoms with E-state index in [2.05, 4.69) is 15.6 Å². The molecule has 0 radical (unpaired) electrons. The lowest BCUT2D eigenvalue weighted by molar-refractivity contribution is -0.145. The van der Waals surface area contributed by atoms with Crippen LogP contribution in [0.15, 0.2) is 24.5 Å². The maximum absolute atomic E-state index is 11.9. The Hall–Kier alpha value is -1.99. The molecule has 1 aromatic heterocycles. The average Bonchev–Trinajstić information content (AvgIpc) is 2.46. The molecule has 3 N–H and O–H groups in total. The molecule has 1 aromatic rings. The van der Waals surface area contributed by atoms with Gasteiger partial charge in [0, 0.05) is 32.4 Å². The normalized spacial score (nSPS) is 17.4. The van der Waals surface area contributed by atoms with Gasteiger partial charge in [0.1, 0.15) is 6.04 Å². The van der Waals surface area contributed by atoms with Gasteiger partial charge in [-0.2, -0.15) is 0 Å². The predicted octanol–water partition coefficient (Wildman–Crippen LogP) is -0.231. The molecule has 0 aromatic carbocycles. The number of nitrogens with zero attached hydrogens (tertiary/aromatic N) is 2. The third-order valence-corrected chi connectivity index (χ3v) is 3.20. The van der Waals surface area contributed by atoms with Crippen molar-refractivity contribution in [2.24, 2.45) is 0 Å². The van der Waals surface area contributed by atoms with Gasteiger partial charge >= 0.3 is 5.97 Å². The van der Waals surface area contributed by atoms with Crippen LogP contribution in [-0.2, 0) is 9.59 Å². The molecule has 1 unspecified atom stereocenters. The van der Waals surface area contributed by atoms with E-state index in [1.54, 1.807) is 18.3 Å². The highest BCUT2D eigenvalue weighted by Gasteiger charge is 2.28. The SMILES string of the molecule is O=C(CC(C(=O)O)N1CCNCC1)Nc1cccnc1. The molecular weight excluding hydrogens is 260 g/mol. The number of nitrogens with one attached hydrogen (secondary N) is 2. The Morgan fingerprint density at radius 3 is 2.80 bits per heavy atom. The molecule has 1 aliphatic heterocycles. The zero-order valence-corrected chi connectivity index (χ0v) is 11.1. The lowest BCUT2D eigenvalue weighted by atomic mass is 10.1. The van der Waals surface area contributed by atoms with Crippen molar-refractivity contribution in [2.75, 3.05) is 31.5 Å². The number of anilines is 1. The number of pyridine rings is 1. The molecule has 0 spiro atoms. The van der Waals surface area contributed by atoms with Crippen molar-refractivity contribution >= 4 is 17.6 Å². The van der Waals surface area contributed by atoms with Gasteiger partial charge in [0.15, 0.2) is 0 Å². The van der Waals surface area contributed by atoms with Crippen molar-refractivity contribution in [3.8, 4) is 0 Å². The molecule has 7 heteroatoms. The topological polar surface area (TPSA) is 94.6 Å². The first-order valence-electron chi connectivity index (χ1n) is 6.54. The van der Waals surface area contributed by atoms with E-state index < -0.39 is 12.0 Å². The molecule has 1 fully saturated rings.